The fraction of sp³-hybridized carbons (Fsp3) is 0. The Labute approximate surface area is 308 Å². The topological polar surface area (TPSA) is 19.6 Å². The summed E-state index contributed by atoms with van der Waals surface area (Å²) in [5.74, 6) is 0. The minimum atomic E-state index is 0.912. The summed E-state index contributed by atoms with van der Waals surface area (Å²) in [7, 11) is 0. The first kappa shape index (κ1) is 30.7. The monoisotopic (exact) mass is 678 g/mol. The van der Waals surface area contributed by atoms with Crippen LogP contribution in [0.5, 0.6) is 0 Å². The van der Waals surface area contributed by atoms with Gasteiger partial charge in [-0.1, -0.05) is 127 Å². The Morgan fingerprint density at radius 1 is 0.283 bits per heavy atom. The third-order valence-electron chi connectivity index (χ3n) is 10.2. The molecule has 0 aliphatic carbocycles. The summed E-state index contributed by atoms with van der Waals surface area (Å²) in [6.45, 7) is 0. The first-order valence-corrected chi connectivity index (χ1v) is 18.0. The van der Waals surface area contributed by atoms with E-state index in [4.69, 9.17) is 4.42 Å². The number of para-hydroxylation sites is 3. The molecule has 9 aromatic carbocycles. The molecule has 0 N–H and O–H groups in total. The number of nitrogens with zero attached hydrogens (tertiary/aromatic N) is 2. The maximum absolute atomic E-state index is 6.26. The lowest BCUT2D eigenvalue weighted by atomic mass is 9.98. The van der Waals surface area contributed by atoms with Gasteiger partial charge in [0.1, 0.15) is 11.2 Å². The molecule has 10 rings (SSSR count). The molecule has 10 aromatic rings. The van der Waals surface area contributed by atoms with Crippen molar-refractivity contribution in [3.8, 4) is 11.1 Å². The minimum absolute atomic E-state index is 0.912. The van der Waals surface area contributed by atoms with Gasteiger partial charge in [0, 0.05) is 44.6 Å². The Morgan fingerprint density at radius 2 is 0.849 bits per heavy atom. The third-order valence-corrected chi connectivity index (χ3v) is 10.2. The zero-order valence-corrected chi connectivity index (χ0v) is 28.9. The lowest BCUT2D eigenvalue weighted by Gasteiger charge is -2.30. The smallest absolute Gasteiger partial charge is 0.136 e. The van der Waals surface area contributed by atoms with E-state index in [9.17, 15) is 0 Å². The van der Waals surface area contributed by atoms with E-state index in [0.717, 1.165) is 61.4 Å². The highest BCUT2D eigenvalue weighted by atomic mass is 16.3. The van der Waals surface area contributed by atoms with E-state index in [0.29, 0.717) is 0 Å². The third kappa shape index (κ3) is 5.47. The number of anilines is 6. The van der Waals surface area contributed by atoms with Crippen LogP contribution in [0.1, 0.15) is 0 Å². The fourth-order valence-corrected chi connectivity index (χ4v) is 7.72. The van der Waals surface area contributed by atoms with Crippen molar-refractivity contribution < 1.29 is 4.42 Å². The van der Waals surface area contributed by atoms with Crippen molar-refractivity contribution in [1.29, 1.82) is 0 Å². The van der Waals surface area contributed by atoms with Crippen molar-refractivity contribution in [2.75, 3.05) is 9.80 Å². The predicted molar refractivity (Wildman–Crippen MR) is 224 cm³/mol. The molecule has 1 heterocycles. The molecule has 0 fully saturated rings. The van der Waals surface area contributed by atoms with E-state index in [1.54, 1.807) is 0 Å². The van der Waals surface area contributed by atoms with Crippen molar-refractivity contribution in [2.24, 2.45) is 0 Å². The van der Waals surface area contributed by atoms with Crippen LogP contribution in [0.2, 0.25) is 0 Å². The molecule has 0 aliphatic rings. The van der Waals surface area contributed by atoms with Crippen molar-refractivity contribution in [1.82, 2.24) is 0 Å². The summed E-state index contributed by atoms with van der Waals surface area (Å²) in [5.41, 5.74) is 10.8. The number of fused-ring (bicyclic) bond motifs is 6. The Balaban J connectivity index is 1.13. The Morgan fingerprint density at radius 3 is 1.60 bits per heavy atom. The fourth-order valence-electron chi connectivity index (χ4n) is 7.72. The van der Waals surface area contributed by atoms with Gasteiger partial charge in [-0.25, -0.2) is 0 Å². The highest BCUT2D eigenvalue weighted by molar-refractivity contribution is 6.18. The summed E-state index contributed by atoms with van der Waals surface area (Å²) in [4.78, 5) is 4.71. The Bertz CT molecular complexity index is 2880. The highest BCUT2D eigenvalue weighted by Crippen LogP contribution is 2.44. The summed E-state index contributed by atoms with van der Waals surface area (Å²) >= 11 is 0. The van der Waals surface area contributed by atoms with E-state index >= 15 is 0 Å². The zero-order chi connectivity index (χ0) is 35.1. The van der Waals surface area contributed by atoms with Crippen molar-refractivity contribution in [3.63, 3.8) is 0 Å². The largest absolute Gasteiger partial charge is 0.456 e. The Hall–Kier alpha value is -7.10. The molecule has 0 atom stereocenters. The molecule has 0 saturated carbocycles. The molecule has 53 heavy (non-hydrogen) atoms. The lowest BCUT2D eigenvalue weighted by Crippen LogP contribution is -2.13. The van der Waals surface area contributed by atoms with E-state index in [1.165, 1.54) is 27.3 Å². The van der Waals surface area contributed by atoms with E-state index in [-0.39, 0.29) is 0 Å². The number of benzene rings is 9. The van der Waals surface area contributed by atoms with Crippen molar-refractivity contribution >= 4 is 77.6 Å². The Kier molecular flexibility index (Phi) is 7.47. The molecule has 0 unspecified atom stereocenters. The molecule has 0 aliphatic heterocycles. The first-order chi connectivity index (χ1) is 26.3. The van der Waals surface area contributed by atoms with Crippen molar-refractivity contribution in [3.05, 3.63) is 206 Å². The second-order valence-corrected chi connectivity index (χ2v) is 13.4. The SMILES string of the molecule is c1ccc(-c2ccc(N(c3ccccc3)c3cccc(N(c4ccccc4)c4cccc5c4ccc4cc6oc7ccccc7c6cc45)c3)cc2)cc1. The molecule has 0 spiro atoms. The van der Waals surface area contributed by atoms with Gasteiger partial charge in [0.05, 0.1) is 5.69 Å². The van der Waals surface area contributed by atoms with E-state index in [1.807, 2.05) is 12.1 Å². The molecule has 3 nitrogen and oxygen atoms in total. The van der Waals surface area contributed by atoms with Crippen molar-refractivity contribution in [2.45, 2.75) is 0 Å². The lowest BCUT2D eigenvalue weighted by molar-refractivity contribution is 0.669. The maximum Gasteiger partial charge on any atom is 0.136 e. The highest BCUT2D eigenvalue weighted by Gasteiger charge is 2.20. The van der Waals surface area contributed by atoms with Gasteiger partial charge in [0.25, 0.3) is 0 Å². The molecule has 0 amide bonds. The second kappa shape index (κ2) is 12.9. The standard InChI is InChI=1S/C50H34N2O/c1-4-14-35(15-5-1)36-26-29-40(30-27-36)51(38-16-6-2-7-17-38)41-20-12-21-42(33-41)52(39-18-8-3-9-19-39)48-24-13-23-43-44(48)31-28-37-32-50-47(34-46(37)43)45-22-10-11-25-49(45)53-50/h1-34H. The van der Waals surface area contributed by atoms with Gasteiger partial charge >= 0.3 is 0 Å². The maximum atomic E-state index is 6.26. The zero-order valence-electron chi connectivity index (χ0n) is 28.9. The molecule has 3 heteroatoms. The predicted octanol–water partition coefficient (Wildman–Crippen LogP) is 14.5. The normalized spacial score (nSPS) is 11.4. The molecule has 0 saturated heterocycles. The van der Waals surface area contributed by atoms with Crippen LogP contribution in [0.25, 0.3) is 54.6 Å². The summed E-state index contributed by atoms with van der Waals surface area (Å²) in [6.07, 6.45) is 0. The number of furan rings is 1. The molecule has 0 bridgehead atoms. The summed E-state index contributed by atoms with van der Waals surface area (Å²) in [6, 6.07) is 73.4. The van der Waals surface area contributed by atoms with Crippen LogP contribution in [0.4, 0.5) is 34.1 Å². The van der Waals surface area contributed by atoms with E-state index < -0.39 is 0 Å². The van der Waals surface area contributed by atoms with Crippen LogP contribution in [0, 0.1) is 0 Å². The molecule has 250 valence electrons. The first-order valence-electron chi connectivity index (χ1n) is 18.0. The van der Waals surface area contributed by atoms with Gasteiger partial charge in [-0.3, -0.25) is 0 Å². The van der Waals surface area contributed by atoms with Gasteiger partial charge in [-0.05, 0) is 106 Å². The van der Waals surface area contributed by atoms with Crippen LogP contribution in [-0.4, -0.2) is 0 Å². The van der Waals surface area contributed by atoms with Crippen LogP contribution < -0.4 is 9.80 Å². The van der Waals surface area contributed by atoms with Crippen LogP contribution in [0.15, 0.2) is 211 Å². The molecule has 1 aromatic heterocycles. The van der Waals surface area contributed by atoms with Gasteiger partial charge in [-0.15, -0.1) is 0 Å². The average Bonchev–Trinajstić information content (AvgIpc) is 3.59. The number of rotatable bonds is 7. The molecule has 0 radical (unpaired) electrons. The average molecular weight is 679 g/mol. The van der Waals surface area contributed by atoms with Gasteiger partial charge < -0.3 is 14.2 Å². The quantitative estimate of drug-likeness (QED) is 0.156. The summed E-state index contributed by atoms with van der Waals surface area (Å²) < 4.78 is 6.26. The number of hydrogen-bond donors (Lipinski definition) is 0. The molecular formula is C50H34N2O. The van der Waals surface area contributed by atoms with Crippen LogP contribution in [-0.2, 0) is 0 Å². The minimum Gasteiger partial charge on any atom is -0.456 e. The van der Waals surface area contributed by atoms with Gasteiger partial charge in [-0.2, -0.15) is 0 Å². The van der Waals surface area contributed by atoms with Gasteiger partial charge in [0.2, 0.25) is 0 Å². The number of hydrogen-bond acceptors (Lipinski definition) is 3. The second-order valence-electron chi connectivity index (χ2n) is 13.4. The van der Waals surface area contributed by atoms with E-state index in [2.05, 4.69) is 204 Å². The van der Waals surface area contributed by atoms with Crippen LogP contribution in [0.3, 0.4) is 0 Å². The van der Waals surface area contributed by atoms with Gasteiger partial charge in [0.15, 0.2) is 0 Å². The summed E-state index contributed by atoms with van der Waals surface area (Å²) in [5, 5.41) is 7.02. The molecular weight excluding hydrogens is 645 g/mol. The van der Waals surface area contributed by atoms with Crippen LogP contribution >= 0.6 is 0 Å².